The van der Waals surface area contributed by atoms with Crippen LogP contribution in [0.15, 0.2) is 30.6 Å². The molecule has 0 saturated heterocycles. The van der Waals surface area contributed by atoms with Crippen molar-refractivity contribution in [2.75, 3.05) is 56.6 Å². The van der Waals surface area contributed by atoms with Gasteiger partial charge in [-0.2, -0.15) is 5.26 Å². The Bertz CT molecular complexity index is 986. The summed E-state index contributed by atoms with van der Waals surface area (Å²) in [5.41, 5.74) is 8.11. The number of anilines is 2. The molecular weight excluding hydrogens is 465 g/mol. The summed E-state index contributed by atoms with van der Waals surface area (Å²) in [6, 6.07) is 9.82. The van der Waals surface area contributed by atoms with Gasteiger partial charge in [-0.25, -0.2) is 9.97 Å². The Balaban J connectivity index is 0.00000272. The third kappa shape index (κ3) is 8.48. The van der Waals surface area contributed by atoms with E-state index in [1.807, 2.05) is 29.2 Å². The predicted octanol–water partition coefficient (Wildman–Crippen LogP) is -5.84. The molecule has 2 aromatic rings. The quantitative estimate of drug-likeness (QED) is 0.252. The number of nitrogens with two attached hydrogens (primary N) is 1. The summed E-state index contributed by atoms with van der Waals surface area (Å²) >= 11 is 0. The number of ether oxygens (including phenoxy) is 1. The molecule has 1 aliphatic heterocycles. The molecule has 1 unspecified atom stereocenters. The average Bonchev–Trinajstić information content (AvgIpc) is 3.12. The van der Waals surface area contributed by atoms with Gasteiger partial charge in [0.25, 0.3) is 0 Å². The van der Waals surface area contributed by atoms with Gasteiger partial charge in [-0.1, -0.05) is 19.7 Å². The van der Waals surface area contributed by atoms with Crippen molar-refractivity contribution in [2.45, 2.75) is 12.3 Å². The molecule has 1 aromatic carbocycles. The number of nitriles is 1. The predicted molar refractivity (Wildman–Crippen MR) is 113 cm³/mol. The molecule has 1 aliphatic rings. The number of hydrogen-bond donors (Lipinski definition) is 1. The summed E-state index contributed by atoms with van der Waals surface area (Å²) in [6.45, 7) is 2.16. The van der Waals surface area contributed by atoms with Crippen LogP contribution in [-0.4, -0.2) is 60.9 Å². The summed E-state index contributed by atoms with van der Waals surface area (Å²) in [5, 5.41) is 8.88. The zero-order valence-corrected chi connectivity index (χ0v) is 24.2. The van der Waals surface area contributed by atoms with E-state index in [-0.39, 0.29) is 78.0 Å². The minimum Gasteiger partial charge on any atom is -0.811 e. The number of nitrogens with zero attached hydrogens (tertiary/aromatic N) is 5. The molecule has 0 fully saturated rings. The molecule has 0 bridgehead atoms. The third-order valence-corrected chi connectivity index (χ3v) is 6.13. The largest absolute Gasteiger partial charge is 1.00 e. The summed E-state index contributed by atoms with van der Waals surface area (Å²) in [4.78, 5) is 34.6. The first-order chi connectivity index (χ1) is 14.8. The smallest absolute Gasteiger partial charge is 0.811 e. The molecule has 0 spiro atoms. The molecule has 166 valence electrons. The van der Waals surface area contributed by atoms with E-state index in [0.29, 0.717) is 32.0 Å². The molecule has 0 amide bonds. The minimum atomic E-state index is -4.60. The Labute approximate surface area is 238 Å². The van der Waals surface area contributed by atoms with Crippen LogP contribution >= 0.6 is 7.60 Å². The van der Waals surface area contributed by atoms with Crippen LogP contribution < -0.4 is 84.3 Å². The van der Waals surface area contributed by atoms with E-state index in [4.69, 9.17) is 15.7 Å². The van der Waals surface area contributed by atoms with Gasteiger partial charge in [0.15, 0.2) is 0 Å². The van der Waals surface area contributed by atoms with Gasteiger partial charge in [0.05, 0.1) is 13.2 Å². The molecule has 13 heteroatoms. The van der Waals surface area contributed by atoms with Crippen molar-refractivity contribution in [2.24, 2.45) is 0 Å². The summed E-state index contributed by atoms with van der Waals surface area (Å²) in [6.07, 6.45) is 1.22. The van der Waals surface area contributed by atoms with Crippen LogP contribution in [-0.2, 0) is 4.57 Å². The molecule has 0 saturated carbocycles. The molecule has 2 N–H and O–H groups in total. The normalized spacial score (nSPS) is 14.8. The van der Waals surface area contributed by atoms with E-state index in [2.05, 4.69) is 20.9 Å². The number of benzene rings is 1. The van der Waals surface area contributed by atoms with Crippen molar-refractivity contribution in [1.29, 1.82) is 5.26 Å². The second-order valence-electron chi connectivity index (χ2n) is 7.35. The molecule has 2 heterocycles. The molecule has 33 heavy (non-hydrogen) atoms. The summed E-state index contributed by atoms with van der Waals surface area (Å²) in [5.74, 6) is 1.91. The van der Waals surface area contributed by atoms with Crippen molar-refractivity contribution in [3.8, 4) is 11.8 Å². The number of nitrogen functional groups attached to an aromatic ring is 1. The van der Waals surface area contributed by atoms with Crippen LogP contribution in [0.1, 0.15) is 23.5 Å². The third-order valence-electron chi connectivity index (χ3n) is 5.38. The molecular formula is C20H25N6Na2O4P. The van der Waals surface area contributed by atoms with Gasteiger partial charge in [0, 0.05) is 50.6 Å². The van der Waals surface area contributed by atoms with Gasteiger partial charge in [-0.15, -0.1) is 0 Å². The van der Waals surface area contributed by atoms with Crippen LogP contribution in [0.4, 0.5) is 11.6 Å². The van der Waals surface area contributed by atoms with E-state index in [9.17, 15) is 14.4 Å². The number of fused-ring (bicyclic) bond motifs is 1. The zero-order valence-electron chi connectivity index (χ0n) is 19.3. The van der Waals surface area contributed by atoms with Gasteiger partial charge in [-0.3, -0.25) is 0 Å². The van der Waals surface area contributed by atoms with Crippen molar-refractivity contribution >= 4 is 19.2 Å². The maximum Gasteiger partial charge on any atom is 1.00 e. The van der Waals surface area contributed by atoms with Gasteiger partial charge in [-0.05, 0) is 23.9 Å². The first-order valence-corrected chi connectivity index (χ1v) is 11.6. The van der Waals surface area contributed by atoms with E-state index in [1.54, 1.807) is 7.11 Å². The molecule has 0 aliphatic carbocycles. The molecule has 10 nitrogen and oxygen atoms in total. The van der Waals surface area contributed by atoms with Gasteiger partial charge in [0.1, 0.15) is 23.7 Å². The summed E-state index contributed by atoms with van der Waals surface area (Å²) in [7, 11) is -2.99. The number of aromatic nitrogens is 2. The number of rotatable bonds is 10. The van der Waals surface area contributed by atoms with Crippen molar-refractivity contribution in [1.82, 2.24) is 14.9 Å². The number of hydrogen-bond acceptors (Lipinski definition) is 10. The SMILES string of the molecule is COc1ccc(C2CN(CCN(CCC#N)CCP(=O)([O-])[O-])c3ncnc(N)c32)cc1.[Na+].[Na+]. The van der Waals surface area contributed by atoms with E-state index < -0.39 is 13.8 Å². The molecule has 3 rings (SSSR count). The fourth-order valence-electron chi connectivity index (χ4n) is 3.76. The van der Waals surface area contributed by atoms with E-state index in [1.165, 1.54) is 6.33 Å². The van der Waals surface area contributed by atoms with E-state index in [0.717, 1.165) is 22.7 Å². The fraction of sp³-hybridized carbons (Fsp3) is 0.450. The Morgan fingerprint density at radius 2 is 1.94 bits per heavy atom. The van der Waals surface area contributed by atoms with Gasteiger partial charge in [0.2, 0.25) is 0 Å². The molecule has 0 radical (unpaired) electrons. The Hall–Kier alpha value is -0.700. The van der Waals surface area contributed by atoms with Crippen molar-refractivity contribution < 1.29 is 78.2 Å². The first-order valence-electron chi connectivity index (χ1n) is 9.92. The molecule has 1 atom stereocenters. The van der Waals surface area contributed by atoms with Gasteiger partial charge < -0.3 is 34.6 Å². The zero-order chi connectivity index (χ0) is 22.4. The number of methoxy groups -OCH3 is 1. The minimum absolute atomic E-state index is 0. The van der Waals surface area contributed by atoms with Crippen LogP contribution in [0.25, 0.3) is 0 Å². The van der Waals surface area contributed by atoms with Crippen LogP contribution in [0.2, 0.25) is 0 Å². The standard InChI is InChI=1S/C20H27N6O4P.2Na/c1-30-16-5-3-15(4-6-16)17-13-26(20-18(17)19(22)23-14-24-20)10-9-25(8-2-7-21)11-12-31(27,28)29;;/h3-6,14,17H,2,8-13H2,1H3,(H2,22,23,24)(H2,27,28,29);;/q;2*+1/p-2. The monoisotopic (exact) mass is 490 g/mol. The van der Waals surface area contributed by atoms with Crippen LogP contribution in [0.3, 0.4) is 0 Å². The topological polar surface area (TPSA) is 154 Å². The Morgan fingerprint density at radius 3 is 2.55 bits per heavy atom. The van der Waals surface area contributed by atoms with Crippen LogP contribution in [0, 0.1) is 11.3 Å². The fourth-order valence-corrected chi connectivity index (χ4v) is 4.29. The van der Waals surface area contributed by atoms with Crippen molar-refractivity contribution in [3.05, 3.63) is 41.7 Å². The van der Waals surface area contributed by atoms with Gasteiger partial charge >= 0.3 is 59.1 Å². The Morgan fingerprint density at radius 1 is 1.24 bits per heavy atom. The van der Waals surface area contributed by atoms with E-state index >= 15 is 0 Å². The first kappa shape index (κ1) is 30.3. The van der Waals surface area contributed by atoms with Crippen molar-refractivity contribution in [3.63, 3.8) is 0 Å². The van der Waals surface area contributed by atoms with Crippen LogP contribution in [0.5, 0.6) is 5.75 Å². The second kappa shape index (κ2) is 14.0. The second-order valence-corrected chi connectivity index (χ2v) is 9.02. The average molecular weight is 490 g/mol. The molecule has 1 aromatic heterocycles. The Kier molecular flexibility index (Phi) is 12.9. The summed E-state index contributed by atoms with van der Waals surface area (Å²) < 4.78 is 16.3. The maximum absolute atomic E-state index is 11.0. The maximum atomic E-state index is 11.0.